The molecule has 2 amide bonds. The van der Waals surface area contributed by atoms with Crippen LogP contribution in [0.2, 0.25) is 0 Å². The number of ether oxygens (including phenoxy) is 1. The normalized spacial score (nSPS) is 19.1. The second-order valence-electron chi connectivity index (χ2n) is 9.89. The fraction of sp³-hybridized carbons (Fsp3) is 0.286. The maximum atomic E-state index is 14.1. The minimum atomic E-state index is -10.1. The van der Waals surface area contributed by atoms with Crippen LogP contribution in [0.25, 0.3) is 0 Å². The Balaban J connectivity index is 1.76. The third-order valence-electron chi connectivity index (χ3n) is 6.92. The highest BCUT2D eigenvalue weighted by atomic mass is 32.5. The summed E-state index contributed by atoms with van der Waals surface area (Å²) in [5.41, 5.74) is 0.420. The van der Waals surface area contributed by atoms with E-state index in [0.717, 1.165) is 9.80 Å². The first-order valence-electron chi connectivity index (χ1n) is 12.9. The first-order chi connectivity index (χ1) is 20.1. The number of carbonyl (C=O) groups excluding carboxylic acids is 2. The lowest BCUT2D eigenvalue weighted by molar-refractivity contribution is -0.128. The van der Waals surface area contributed by atoms with Crippen molar-refractivity contribution in [3.63, 3.8) is 0 Å². The smallest absolute Gasteiger partial charge is 0.310 e. The Bertz CT molecular complexity index is 1520. The molecule has 43 heavy (non-hydrogen) atoms. The molecule has 0 radical (unpaired) electrons. The molecule has 0 bridgehead atoms. The van der Waals surface area contributed by atoms with Gasteiger partial charge < -0.3 is 10.1 Å². The van der Waals surface area contributed by atoms with Crippen LogP contribution in [0.5, 0.6) is 0 Å². The van der Waals surface area contributed by atoms with Crippen molar-refractivity contribution in [3.05, 3.63) is 90.0 Å². The zero-order chi connectivity index (χ0) is 31.5. The van der Waals surface area contributed by atoms with Gasteiger partial charge in [-0.05, 0) is 54.4 Å². The van der Waals surface area contributed by atoms with Gasteiger partial charge in [-0.25, -0.2) is 4.39 Å². The predicted octanol–water partition coefficient (Wildman–Crippen LogP) is 5.88. The van der Waals surface area contributed by atoms with Crippen molar-refractivity contribution in [2.24, 2.45) is 0 Å². The van der Waals surface area contributed by atoms with Gasteiger partial charge in [0.15, 0.2) is 6.19 Å². The number of hydrogen-bond donors (Lipinski definition) is 1. The molecule has 0 spiro atoms. The van der Waals surface area contributed by atoms with E-state index in [1.807, 2.05) is 6.19 Å². The van der Waals surface area contributed by atoms with Crippen LogP contribution in [-0.2, 0) is 20.7 Å². The SMILES string of the molecule is CO[C@@H]1C[C@H](C(=O)N(c2ccc(S(F)(F)(F)(F)F)cc2)C(C(=O)NCCc2cccc(F)c2)c2cccnc2)N(C#N)C1. The highest BCUT2D eigenvalue weighted by molar-refractivity contribution is 8.45. The maximum Gasteiger partial charge on any atom is 0.310 e. The number of nitrogens with zero attached hydrogens (tertiary/aromatic N) is 4. The van der Waals surface area contributed by atoms with Gasteiger partial charge in [-0.3, -0.25) is 24.4 Å². The molecule has 1 aromatic heterocycles. The number of anilines is 1. The van der Waals surface area contributed by atoms with Gasteiger partial charge in [0, 0.05) is 43.7 Å². The van der Waals surface area contributed by atoms with Crippen LogP contribution in [0.4, 0.5) is 29.5 Å². The van der Waals surface area contributed by atoms with Gasteiger partial charge in [0.05, 0.1) is 12.6 Å². The molecular formula is C28H27F6N5O3S. The van der Waals surface area contributed by atoms with E-state index in [4.69, 9.17) is 4.74 Å². The maximum absolute atomic E-state index is 14.1. The number of nitrogens with one attached hydrogen (secondary N) is 1. The van der Waals surface area contributed by atoms with Crippen molar-refractivity contribution < 1.29 is 38.1 Å². The van der Waals surface area contributed by atoms with E-state index in [9.17, 15) is 38.7 Å². The molecule has 8 nitrogen and oxygen atoms in total. The molecule has 1 aliphatic rings. The van der Waals surface area contributed by atoms with Crippen LogP contribution in [0.1, 0.15) is 23.6 Å². The fourth-order valence-electron chi connectivity index (χ4n) is 4.82. The summed E-state index contributed by atoms with van der Waals surface area (Å²) in [7, 11) is -8.67. The third-order valence-corrected chi connectivity index (χ3v) is 8.08. The van der Waals surface area contributed by atoms with Gasteiger partial charge in [0.2, 0.25) is 5.91 Å². The number of hydrogen-bond acceptors (Lipinski definition) is 6. The van der Waals surface area contributed by atoms with Crippen LogP contribution < -0.4 is 10.2 Å². The monoisotopic (exact) mass is 627 g/mol. The summed E-state index contributed by atoms with van der Waals surface area (Å²) in [6.07, 6.45) is 4.24. The van der Waals surface area contributed by atoms with Gasteiger partial charge in [-0.15, -0.1) is 0 Å². The van der Waals surface area contributed by atoms with E-state index in [2.05, 4.69) is 10.3 Å². The van der Waals surface area contributed by atoms with E-state index in [1.165, 1.54) is 49.8 Å². The van der Waals surface area contributed by atoms with Crippen molar-refractivity contribution >= 4 is 27.7 Å². The molecule has 1 N–H and O–H groups in total. The number of nitriles is 1. The summed E-state index contributed by atoms with van der Waals surface area (Å²) >= 11 is 0. The number of likely N-dealkylation sites (tertiary alicyclic amines) is 1. The molecule has 0 saturated carbocycles. The van der Waals surface area contributed by atoms with Crippen LogP contribution >= 0.6 is 10.2 Å². The number of rotatable bonds is 10. The zero-order valence-corrected chi connectivity index (χ0v) is 23.5. The molecule has 2 aromatic carbocycles. The number of carbonyl (C=O) groups is 2. The standard InChI is InChI=1S/C28H27F6N5O3S/c1-42-23-15-25(38(17-23)18-35)28(41)39(22-7-9-24(10-8-22)43(30,31,32,33)34)26(20-5-3-12-36-16-20)27(40)37-13-11-19-4-2-6-21(29)14-19/h2-10,12,14,16,23,25-26H,11,13,15,17H2,1H3,(H,37,40)/t23-,25-,26?/m1/s1. The summed E-state index contributed by atoms with van der Waals surface area (Å²) in [5.74, 6) is -2.11. The van der Waals surface area contributed by atoms with Gasteiger partial charge in [-0.1, -0.05) is 37.6 Å². The Morgan fingerprint density at radius 2 is 1.86 bits per heavy atom. The lowest BCUT2D eigenvalue weighted by atomic mass is 10.0. The van der Waals surface area contributed by atoms with E-state index in [-0.39, 0.29) is 49.3 Å². The average Bonchev–Trinajstić information content (AvgIpc) is 3.39. The van der Waals surface area contributed by atoms with Crippen molar-refractivity contribution in [2.75, 3.05) is 25.1 Å². The Morgan fingerprint density at radius 1 is 1.14 bits per heavy atom. The first kappa shape index (κ1) is 31.6. The highest BCUT2D eigenvalue weighted by Gasteiger charge is 2.65. The second-order valence-corrected chi connectivity index (χ2v) is 12.3. The molecule has 1 aliphatic heterocycles. The molecule has 4 rings (SSSR count). The predicted molar refractivity (Wildman–Crippen MR) is 147 cm³/mol. The largest absolute Gasteiger partial charge is 0.379 e. The molecule has 230 valence electrons. The molecular weight excluding hydrogens is 600 g/mol. The molecule has 1 fully saturated rings. The van der Waals surface area contributed by atoms with Crippen LogP contribution in [-0.4, -0.2) is 54.0 Å². The molecule has 0 aliphatic carbocycles. The van der Waals surface area contributed by atoms with Gasteiger partial charge in [-0.2, -0.15) is 5.26 Å². The molecule has 1 saturated heterocycles. The summed E-state index contributed by atoms with van der Waals surface area (Å²) in [6.45, 7) is 0.0293. The number of methoxy groups -OCH3 is 1. The molecule has 1 unspecified atom stereocenters. The van der Waals surface area contributed by atoms with Gasteiger partial charge >= 0.3 is 10.2 Å². The summed E-state index contributed by atoms with van der Waals surface area (Å²) in [4.78, 5) is 31.7. The van der Waals surface area contributed by atoms with Crippen LogP contribution in [0.3, 0.4) is 0 Å². The molecule has 15 heteroatoms. The first-order valence-corrected chi connectivity index (χ1v) is 14.8. The number of aromatic nitrogens is 1. The average molecular weight is 628 g/mol. The summed E-state index contributed by atoms with van der Waals surface area (Å²) in [6, 6.07) is 7.54. The quantitative estimate of drug-likeness (QED) is 0.223. The Morgan fingerprint density at radius 3 is 2.44 bits per heavy atom. The lowest BCUT2D eigenvalue weighted by Crippen LogP contribution is -2.50. The van der Waals surface area contributed by atoms with Crippen LogP contribution in [0.15, 0.2) is 78.0 Å². The van der Waals surface area contributed by atoms with Gasteiger partial charge in [0.25, 0.3) is 5.91 Å². The highest BCUT2D eigenvalue weighted by Crippen LogP contribution is 3.02. The number of pyridine rings is 1. The van der Waals surface area contributed by atoms with Gasteiger partial charge in [0.1, 0.15) is 22.8 Å². The summed E-state index contributed by atoms with van der Waals surface area (Å²) in [5, 5.41) is 12.3. The van der Waals surface area contributed by atoms with Crippen molar-refractivity contribution in [2.45, 2.75) is 35.9 Å². The van der Waals surface area contributed by atoms with E-state index in [0.29, 0.717) is 17.7 Å². The second kappa shape index (κ2) is 11.4. The fourth-order valence-corrected chi connectivity index (χ4v) is 5.47. The van der Waals surface area contributed by atoms with Crippen molar-refractivity contribution in [1.29, 1.82) is 5.26 Å². The Hall–Kier alpha value is -4.29. The Labute approximate surface area is 243 Å². The Kier molecular flexibility index (Phi) is 8.40. The van der Waals surface area contributed by atoms with E-state index < -0.39 is 50.9 Å². The molecule has 3 atom stereocenters. The van der Waals surface area contributed by atoms with Crippen molar-refractivity contribution in [3.8, 4) is 6.19 Å². The van der Waals surface area contributed by atoms with Crippen LogP contribution in [0, 0.1) is 17.3 Å². The van der Waals surface area contributed by atoms with E-state index in [1.54, 1.807) is 6.07 Å². The number of benzene rings is 2. The minimum Gasteiger partial charge on any atom is -0.379 e. The lowest BCUT2D eigenvalue weighted by Gasteiger charge is -2.41. The third kappa shape index (κ3) is 7.57. The minimum absolute atomic E-state index is 0.0102. The topological polar surface area (TPSA) is 98.6 Å². The molecule has 2 heterocycles. The number of amides is 2. The molecule has 3 aromatic rings. The zero-order valence-electron chi connectivity index (χ0n) is 22.7. The number of halogens is 6. The van der Waals surface area contributed by atoms with Crippen molar-refractivity contribution in [1.82, 2.24) is 15.2 Å². The van der Waals surface area contributed by atoms with E-state index >= 15 is 0 Å². The summed E-state index contributed by atoms with van der Waals surface area (Å²) < 4.78 is 86.3.